The number of nitrogens with zero attached hydrogens (tertiary/aromatic N) is 3. The zero-order valence-corrected chi connectivity index (χ0v) is 15.4. The molecule has 1 aliphatic carbocycles. The SMILES string of the molecule is CC(=O)Nc1cccc(-c2cnc3ccc(N[C@H]4CC[C@H](N)CC4)nn23)c1. The van der Waals surface area contributed by atoms with E-state index in [2.05, 4.69) is 15.6 Å². The third kappa shape index (κ3) is 3.93. The van der Waals surface area contributed by atoms with E-state index in [4.69, 9.17) is 10.8 Å². The summed E-state index contributed by atoms with van der Waals surface area (Å²) < 4.78 is 1.84. The van der Waals surface area contributed by atoms with Crippen LogP contribution in [-0.2, 0) is 4.79 Å². The molecule has 7 heteroatoms. The monoisotopic (exact) mass is 364 g/mol. The lowest BCUT2D eigenvalue weighted by Gasteiger charge is -2.27. The molecule has 1 aromatic carbocycles. The molecule has 1 fully saturated rings. The van der Waals surface area contributed by atoms with Gasteiger partial charge in [-0.2, -0.15) is 0 Å². The number of nitrogens with two attached hydrogens (primary N) is 1. The first-order valence-electron chi connectivity index (χ1n) is 9.33. The van der Waals surface area contributed by atoms with Gasteiger partial charge in [-0.25, -0.2) is 9.50 Å². The Kier molecular flexibility index (Phi) is 4.77. The molecular formula is C20H24N6O. The zero-order chi connectivity index (χ0) is 18.8. The Hall–Kier alpha value is -2.93. The van der Waals surface area contributed by atoms with E-state index < -0.39 is 0 Å². The quantitative estimate of drug-likeness (QED) is 0.661. The summed E-state index contributed by atoms with van der Waals surface area (Å²) in [5.41, 5.74) is 9.36. The standard InChI is InChI=1S/C20H24N6O/c1-13(27)23-17-4-2-3-14(11-17)18-12-22-20-10-9-19(25-26(18)20)24-16-7-5-15(21)6-8-16/h2-4,9-12,15-16H,5-8,21H2,1H3,(H,23,27)(H,24,25)/t15-,16-. The van der Waals surface area contributed by atoms with Crippen LogP contribution < -0.4 is 16.4 Å². The second kappa shape index (κ2) is 7.36. The highest BCUT2D eigenvalue weighted by Gasteiger charge is 2.19. The summed E-state index contributed by atoms with van der Waals surface area (Å²) in [4.78, 5) is 15.8. The van der Waals surface area contributed by atoms with Gasteiger partial charge in [-0.05, 0) is 49.9 Å². The van der Waals surface area contributed by atoms with Crippen molar-refractivity contribution in [3.63, 3.8) is 0 Å². The molecule has 0 unspecified atom stereocenters. The van der Waals surface area contributed by atoms with Crippen molar-refractivity contribution in [1.29, 1.82) is 0 Å². The Labute approximate surface area is 158 Å². The first-order valence-corrected chi connectivity index (χ1v) is 9.33. The predicted molar refractivity (Wildman–Crippen MR) is 107 cm³/mol. The highest BCUT2D eigenvalue weighted by atomic mass is 16.1. The van der Waals surface area contributed by atoms with Crippen molar-refractivity contribution in [2.45, 2.75) is 44.7 Å². The van der Waals surface area contributed by atoms with E-state index in [-0.39, 0.29) is 5.91 Å². The van der Waals surface area contributed by atoms with Gasteiger partial charge in [0.1, 0.15) is 5.82 Å². The lowest BCUT2D eigenvalue weighted by molar-refractivity contribution is -0.114. The number of aromatic nitrogens is 3. The van der Waals surface area contributed by atoms with Crippen LogP contribution in [0.2, 0.25) is 0 Å². The largest absolute Gasteiger partial charge is 0.366 e. The topological polar surface area (TPSA) is 97.3 Å². The van der Waals surface area contributed by atoms with Crippen molar-refractivity contribution in [3.8, 4) is 11.3 Å². The number of imidazole rings is 1. The molecule has 1 amide bonds. The summed E-state index contributed by atoms with van der Waals surface area (Å²) in [6.07, 6.45) is 6.03. The summed E-state index contributed by atoms with van der Waals surface area (Å²) in [7, 11) is 0. The fourth-order valence-corrected chi connectivity index (χ4v) is 3.58. The van der Waals surface area contributed by atoms with Crippen LogP contribution in [0, 0.1) is 0 Å². The van der Waals surface area contributed by atoms with E-state index in [0.717, 1.165) is 54.1 Å². The Morgan fingerprint density at radius 1 is 1.19 bits per heavy atom. The molecule has 140 valence electrons. The maximum atomic E-state index is 11.3. The number of rotatable bonds is 4. The number of amides is 1. The molecule has 0 saturated heterocycles. The van der Waals surface area contributed by atoms with Crippen molar-refractivity contribution in [3.05, 3.63) is 42.6 Å². The van der Waals surface area contributed by atoms with Gasteiger partial charge in [0.15, 0.2) is 5.65 Å². The molecule has 1 aliphatic rings. The van der Waals surface area contributed by atoms with Gasteiger partial charge in [0.25, 0.3) is 0 Å². The molecule has 0 aliphatic heterocycles. The summed E-state index contributed by atoms with van der Waals surface area (Å²) in [5, 5.41) is 11.1. The van der Waals surface area contributed by atoms with Gasteiger partial charge >= 0.3 is 0 Å². The number of hydrogen-bond acceptors (Lipinski definition) is 5. The fourth-order valence-electron chi connectivity index (χ4n) is 3.58. The van der Waals surface area contributed by atoms with Crippen LogP contribution in [-0.4, -0.2) is 32.6 Å². The van der Waals surface area contributed by atoms with Crippen LogP contribution in [0.15, 0.2) is 42.6 Å². The number of benzene rings is 1. The van der Waals surface area contributed by atoms with Gasteiger partial charge < -0.3 is 16.4 Å². The molecule has 4 rings (SSSR count). The van der Waals surface area contributed by atoms with E-state index in [1.54, 1.807) is 6.20 Å². The second-order valence-electron chi connectivity index (χ2n) is 7.15. The molecule has 2 aromatic heterocycles. The van der Waals surface area contributed by atoms with Crippen molar-refractivity contribution in [1.82, 2.24) is 14.6 Å². The molecule has 4 N–H and O–H groups in total. The highest BCUT2D eigenvalue weighted by Crippen LogP contribution is 2.25. The van der Waals surface area contributed by atoms with Gasteiger partial charge in [0.2, 0.25) is 5.91 Å². The minimum absolute atomic E-state index is 0.0953. The number of anilines is 2. The average molecular weight is 364 g/mol. The molecule has 0 atom stereocenters. The number of hydrogen-bond donors (Lipinski definition) is 3. The van der Waals surface area contributed by atoms with Gasteiger partial charge in [-0.15, -0.1) is 5.10 Å². The lowest BCUT2D eigenvalue weighted by atomic mass is 9.92. The lowest BCUT2D eigenvalue weighted by Crippen LogP contribution is -2.33. The Morgan fingerprint density at radius 3 is 2.78 bits per heavy atom. The van der Waals surface area contributed by atoms with Gasteiger partial charge in [-0.3, -0.25) is 4.79 Å². The van der Waals surface area contributed by atoms with Crippen molar-refractivity contribution < 1.29 is 4.79 Å². The fraction of sp³-hybridized carbons (Fsp3) is 0.350. The van der Waals surface area contributed by atoms with Gasteiger partial charge in [-0.1, -0.05) is 12.1 Å². The van der Waals surface area contributed by atoms with Crippen molar-refractivity contribution in [2.75, 3.05) is 10.6 Å². The van der Waals surface area contributed by atoms with Crippen LogP contribution >= 0.6 is 0 Å². The third-order valence-electron chi connectivity index (χ3n) is 4.96. The highest BCUT2D eigenvalue weighted by molar-refractivity contribution is 5.89. The number of nitrogens with one attached hydrogen (secondary N) is 2. The first-order chi connectivity index (χ1) is 13.1. The Morgan fingerprint density at radius 2 is 2.00 bits per heavy atom. The molecule has 2 heterocycles. The predicted octanol–water partition coefficient (Wildman–Crippen LogP) is 3.04. The number of fused-ring (bicyclic) bond motifs is 1. The van der Waals surface area contributed by atoms with Crippen LogP contribution in [0.5, 0.6) is 0 Å². The average Bonchev–Trinajstić information content (AvgIpc) is 3.06. The molecule has 27 heavy (non-hydrogen) atoms. The smallest absolute Gasteiger partial charge is 0.221 e. The van der Waals surface area contributed by atoms with Crippen LogP contribution in [0.25, 0.3) is 16.9 Å². The minimum Gasteiger partial charge on any atom is -0.366 e. The van der Waals surface area contributed by atoms with Crippen LogP contribution in [0.4, 0.5) is 11.5 Å². The van der Waals surface area contributed by atoms with E-state index in [1.165, 1.54) is 6.92 Å². The summed E-state index contributed by atoms with van der Waals surface area (Å²) in [6, 6.07) is 12.4. The zero-order valence-electron chi connectivity index (χ0n) is 15.4. The minimum atomic E-state index is -0.0953. The summed E-state index contributed by atoms with van der Waals surface area (Å²) in [6.45, 7) is 1.50. The normalized spacial score (nSPS) is 19.8. The van der Waals surface area contributed by atoms with E-state index in [1.807, 2.05) is 40.9 Å². The van der Waals surface area contributed by atoms with E-state index >= 15 is 0 Å². The molecule has 7 nitrogen and oxygen atoms in total. The second-order valence-corrected chi connectivity index (χ2v) is 7.15. The Balaban J connectivity index is 1.61. The number of carbonyl (C=O) groups excluding carboxylic acids is 1. The number of carbonyl (C=O) groups is 1. The first kappa shape index (κ1) is 17.5. The van der Waals surface area contributed by atoms with Crippen LogP contribution in [0.3, 0.4) is 0 Å². The maximum absolute atomic E-state index is 11.3. The molecule has 0 spiro atoms. The van der Waals surface area contributed by atoms with E-state index in [0.29, 0.717) is 12.1 Å². The molecule has 0 radical (unpaired) electrons. The third-order valence-corrected chi connectivity index (χ3v) is 4.96. The van der Waals surface area contributed by atoms with Gasteiger partial charge in [0.05, 0.1) is 11.9 Å². The van der Waals surface area contributed by atoms with Crippen molar-refractivity contribution in [2.24, 2.45) is 5.73 Å². The maximum Gasteiger partial charge on any atom is 0.221 e. The van der Waals surface area contributed by atoms with Gasteiger partial charge in [0, 0.05) is 30.3 Å². The molecular weight excluding hydrogens is 340 g/mol. The summed E-state index contributed by atoms with van der Waals surface area (Å²) in [5.74, 6) is 0.738. The molecule has 0 bridgehead atoms. The Bertz CT molecular complexity index is 958. The van der Waals surface area contributed by atoms with E-state index in [9.17, 15) is 4.79 Å². The van der Waals surface area contributed by atoms with Crippen LogP contribution in [0.1, 0.15) is 32.6 Å². The van der Waals surface area contributed by atoms with Crippen molar-refractivity contribution >= 4 is 23.1 Å². The molecule has 3 aromatic rings. The summed E-state index contributed by atoms with van der Waals surface area (Å²) >= 11 is 0. The molecule has 1 saturated carbocycles.